The molecule has 0 spiro atoms. The van der Waals surface area contributed by atoms with Gasteiger partial charge in [0.05, 0.1) is 17.1 Å². The van der Waals surface area contributed by atoms with Gasteiger partial charge in [0.2, 0.25) is 0 Å². The molecule has 4 nitrogen and oxygen atoms in total. The van der Waals surface area contributed by atoms with E-state index in [9.17, 15) is 8.78 Å². The summed E-state index contributed by atoms with van der Waals surface area (Å²) in [6, 6.07) is 10.3. The number of aryl methyl sites for hydroxylation is 2. The smallest absolute Gasteiger partial charge is 0.387 e. The molecule has 0 N–H and O–H groups in total. The van der Waals surface area contributed by atoms with Gasteiger partial charge < -0.3 is 4.74 Å². The van der Waals surface area contributed by atoms with Crippen LogP contribution < -0.4 is 4.74 Å². The van der Waals surface area contributed by atoms with Gasteiger partial charge in [0.15, 0.2) is 0 Å². The van der Waals surface area contributed by atoms with Gasteiger partial charge in [0.25, 0.3) is 0 Å². The Bertz CT molecular complexity index is 880. The Morgan fingerprint density at radius 1 is 1.12 bits per heavy atom. The van der Waals surface area contributed by atoms with Crippen molar-refractivity contribution in [3.8, 4) is 22.7 Å². The Kier molecular flexibility index (Phi) is 4.49. The third-order valence-corrected chi connectivity index (χ3v) is 3.56. The molecule has 0 aliphatic heterocycles. The van der Waals surface area contributed by atoms with Gasteiger partial charge in [-0.1, -0.05) is 11.6 Å². The van der Waals surface area contributed by atoms with Crippen LogP contribution in [0, 0.1) is 13.8 Å². The van der Waals surface area contributed by atoms with Crippen molar-refractivity contribution in [2.24, 2.45) is 0 Å². The van der Waals surface area contributed by atoms with Crippen LogP contribution in [0.25, 0.3) is 16.9 Å². The summed E-state index contributed by atoms with van der Waals surface area (Å²) >= 11 is 5.95. The van der Waals surface area contributed by atoms with Crippen molar-refractivity contribution in [3.63, 3.8) is 0 Å². The van der Waals surface area contributed by atoms with Gasteiger partial charge in [-0.05, 0) is 49.7 Å². The summed E-state index contributed by atoms with van der Waals surface area (Å²) in [4.78, 5) is 3.96. The zero-order chi connectivity index (χ0) is 17.3. The average Bonchev–Trinajstić information content (AvgIpc) is 2.88. The standard InChI is InChI=1S/C17H14ClF2N3O/c1-10-5-12(8-14(6-10)24-17(19)20)15-7-11(2)22-23(15)13-3-4-21-16(18)9-13/h3-9,17H,1-2H3. The Balaban J connectivity index is 2.12. The van der Waals surface area contributed by atoms with Crippen LogP contribution in [0.5, 0.6) is 5.75 Å². The minimum atomic E-state index is -2.87. The number of hydrogen-bond acceptors (Lipinski definition) is 3. The molecule has 0 aliphatic carbocycles. The first-order chi connectivity index (χ1) is 11.4. The van der Waals surface area contributed by atoms with E-state index in [0.717, 1.165) is 28.2 Å². The van der Waals surface area contributed by atoms with Gasteiger partial charge in [-0.25, -0.2) is 9.67 Å². The summed E-state index contributed by atoms with van der Waals surface area (Å²) < 4.78 is 31.3. The summed E-state index contributed by atoms with van der Waals surface area (Å²) in [5.41, 5.74) is 3.80. The maximum atomic E-state index is 12.5. The fourth-order valence-electron chi connectivity index (χ4n) is 2.49. The van der Waals surface area contributed by atoms with Gasteiger partial charge in [-0.2, -0.15) is 13.9 Å². The van der Waals surface area contributed by atoms with Crippen LogP contribution in [-0.2, 0) is 0 Å². The maximum absolute atomic E-state index is 12.5. The molecule has 3 rings (SSSR count). The van der Waals surface area contributed by atoms with E-state index in [0.29, 0.717) is 5.15 Å². The molecule has 0 aliphatic rings. The predicted octanol–water partition coefficient (Wildman–Crippen LogP) is 4.81. The van der Waals surface area contributed by atoms with Crippen LogP contribution in [0.4, 0.5) is 8.78 Å². The molecule has 0 radical (unpaired) electrons. The van der Waals surface area contributed by atoms with Crippen molar-refractivity contribution in [2.75, 3.05) is 0 Å². The predicted molar refractivity (Wildman–Crippen MR) is 87.9 cm³/mol. The Morgan fingerprint density at radius 2 is 1.92 bits per heavy atom. The second-order valence-electron chi connectivity index (χ2n) is 5.33. The van der Waals surface area contributed by atoms with Crippen molar-refractivity contribution in [2.45, 2.75) is 20.5 Å². The highest BCUT2D eigenvalue weighted by Gasteiger charge is 2.13. The second kappa shape index (κ2) is 6.57. The third-order valence-electron chi connectivity index (χ3n) is 3.36. The maximum Gasteiger partial charge on any atom is 0.387 e. The molecule has 0 unspecified atom stereocenters. The molecule has 0 bridgehead atoms. The number of benzene rings is 1. The molecule has 1 aromatic carbocycles. The van der Waals surface area contributed by atoms with Gasteiger partial charge >= 0.3 is 6.61 Å². The van der Waals surface area contributed by atoms with Crippen molar-refractivity contribution < 1.29 is 13.5 Å². The SMILES string of the molecule is Cc1cc(OC(F)F)cc(-c2cc(C)nn2-c2ccnc(Cl)c2)c1. The number of alkyl halides is 2. The molecule has 2 heterocycles. The number of halogens is 3. The molecule has 24 heavy (non-hydrogen) atoms. The van der Waals surface area contributed by atoms with Crippen LogP contribution in [0.15, 0.2) is 42.6 Å². The van der Waals surface area contributed by atoms with E-state index >= 15 is 0 Å². The van der Waals surface area contributed by atoms with Crippen molar-refractivity contribution in [1.82, 2.24) is 14.8 Å². The molecule has 124 valence electrons. The summed E-state index contributed by atoms with van der Waals surface area (Å²) in [6.45, 7) is 0.804. The third kappa shape index (κ3) is 3.54. The molecule has 0 saturated heterocycles. The molecule has 0 saturated carbocycles. The number of ether oxygens (including phenoxy) is 1. The summed E-state index contributed by atoms with van der Waals surface area (Å²) in [6.07, 6.45) is 1.58. The molecule has 3 aromatic rings. The lowest BCUT2D eigenvalue weighted by molar-refractivity contribution is -0.0498. The Hall–Kier alpha value is -2.47. The second-order valence-corrected chi connectivity index (χ2v) is 5.72. The van der Waals surface area contributed by atoms with Crippen LogP contribution in [0.3, 0.4) is 0 Å². The van der Waals surface area contributed by atoms with Gasteiger partial charge in [-0.3, -0.25) is 0 Å². The molecular weight excluding hydrogens is 336 g/mol. The van der Waals surface area contributed by atoms with Crippen LogP contribution in [0.1, 0.15) is 11.3 Å². The van der Waals surface area contributed by atoms with E-state index in [1.807, 2.05) is 26.0 Å². The van der Waals surface area contributed by atoms with Gasteiger partial charge in [-0.15, -0.1) is 0 Å². The lowest BCUT2D eigenvalue weighted by Gasteiger charge is -2.11. The van der Waals surface area contributed by atoms with E-state index in [1.165, 1.54) is 0 Å². The topological polar surface area (TPSA) is 39.9 Å². The highest BCUT2D eigenvalue weighted by molar-refractivity contribution is 6.29. The van der Waals surface area contributed by atoms with Crippen molar-refractivity contribution >= 4 is 11.6 Å². The molecular formula is C17H14ClF2N3O. The molecule has 0 atom stereocenters. The lowest BCUT2D eigenvalue weighted by atomic mass is 10.1. The molecule has 2 aromatic heterocycles. The zero-order valence-electron chi connectivity index (χ0n) is 13.0. The van der Waals surface area contributed by atoms with E-state index < -0.39 is 6.61 Å². The summed E-state index contributed by atoms with van der Waals surface area (Å²) in [5, 5.41) is 4.80. The number of pyridine rings is 1. The molecule has 0 fully saturated rings. The quantitative estimate of drug-likeness (QED) is 0.635. The van der Waals surface area contributed by atoms with Crippen molar-refractivity contribution in [3.05, 3.63) is 59.0 Å². The van der Waals surface area contributed by atoms with Crippen LogP contribution in [-0.4, -0.2) is 21.4 Å². The van der Waals surface area contributed by atoms with Gasteiger partial charge in [0.1, 0.15) is 10.9 Å². The number of hydrogen-bond donors (Lipinski definition) is 0. The number of aromatic nitrogens is 3. The van der Waals surface area contributed by atoms with E-state index in [1.54, 1.807) is 35.1 Å². The fourth-order valence-corrected chi connectivity index (χ4v) is 2.66. The van der Waals surface area contributed by atoms with Crippen molar-refractivity contribution in [1.29, 1.82) is 0 Å². The summed E-state index contributed by atoms with van der Waals surface area (Å²) in [5.74, 6) is 0.109. The Labute approximate surface area is 142 Å². The first kappa shape index (κ1) is 16.4. The lowest BCUT2D eigenvalue weighted by Crippen LogP contribution is -2.03. The fraction of sp³-hybridized carbons (Fsp3) is 0.176. The van der Waals surface area contributed by atoms with Crippen LogP contribution in [0.2, 0.25) is 5.15 Å². The van der Waals surface area contributed by atoms with E-state index in [2.05, 4.69) is 14.8 Å². The highest BCUT2D eigenvalue weighted by Crippen LogP contribution is 2.29. The molecule has 0 amide bonds. The largest absolute Gasteiger partial charge is 0.435 e. The Morgan fingerprint density at radius 3 is 2.62 bits per heavy atom. The first-order valence-corrected chi connectivity index (χ1v) is 7.55. The summed E-state index contributed by atoms with van der Waals surface area (Å²) in [7, 11) is 0. The monoisotopic (exact) mass is 349 g/mol. The van der Waals surface area contributed by atoms with E-state index in [4.69, 9.17) is 11.6 Å². The first-order valence-electron chi connectivity index (χ1n) is 7.18. The molecule has 7 heteroatoms. The van der Waals surface area contributed by atoms with Crippen LogP contribution >= 0.6 is 11.6 Å². The van der Waals surface area contributed by atoms with E-state index in [-0.39, 0.29) is 5.75 Å². The minimum Gasteiger partial charge on any atom is -0.435 e. The van der Waals surface area contributed by atoms with Gasteiger partial charge in [0, 0.05) is 17.8 Å². The number of rotatable bonds is 4. The normalized spacial score (nSPS) is 11.1. The minimum absolute atomic E-state index is 0.109. The average molecular weight is 350 g/mol. The zero-order valence-corrected chi connectivity index (χ0v) is 13.8. The highest BCUT2D eigenvalue weighted by atomic mass is 35.5. The number of nitrogens with zero attached hydrogens (tertiary/aromatic N) is 3.